The molecule has 0 heterocycles. The highest BCUT2D eigenvalue weighted by Crippen LogP contribution is 2.57. The molecule has 0 aliphatic heterocycles. The van der Waals surface area contributed by atoms with Crippen LogP contribution in [-0.4, -0.2) is 0 Å². The Morgan fingerprint density at radius 2 is 0.904 bits per heavy atom. The minimum absolute atomic E-state index is 0.451. The molecule has 0 saturated heterocycles. The first-order valence-electron chi connectivity index (χ1n) is 18.0. The Morgan fingerprint density at radius 1 is 0.327 bits per heavy atom. The fraction of sp³-hybridized carbons (Fsp3) is 0.0196. The van der Waals surface area contributed by atoms with E-state index >= 15 is 0 Å². The molecule has 9 aromatic carbocycles. The summed E-state index contributed by atoms with van der Waals surface area (Å²) in [7, 11) is 0. The quantitative estimate of drug-likeness (QED) is 0.160. The lowest BCUT2D eigenvalue weighted by Gasteiger charge is -2.34. The van der Waals surface area contributed by atoms with E-state index in [4.69, 9.17) is 0 Å². The van der Waals surface area contributed by atoms with E-state index in [0.29, 0.717) is 0 Å². The fourth-order valence-electron chi connectivity index (χ4n) is 8.72. The van der Waals surface area contributed by atoms with Crippen LogP contribution >= 0.6 is 0 Å². The van der Waals surface area contributed by atoms with Gasteiger partial charge in [0.05, 0.1) is 16.8 Å². The third-order valence-corrected chi connectivity index (χ3v) is 10.9. The summed E-state index contributed by atoms with van der Waals surface area (Å²) in [6, 6.07) is 77.7. The summed E-state index contributed by atoms with van der Waals surface area (Å²) in [5.41, 5.74) is 13.2. The summed E-state index contributed by atoms with van der Waals surface area (Å²) in [6.07, 6.45) is 0. The highest BCUT2D eigenvalue weighted by Gasteiger charge is 2.46. The monoisotopic (exact) mass is 661 g/mol. The predicted molar refractivity (Wildman–Crippen MR) is 219 cm³/mol. The Hall–Kier alpha value is -6.70. The summed E-state index contributed by atoms with van der Waals surface area (Å²) in [4.78, 5) is 2.43. The van der Waals surface area contributed by atoms with Crippen LogP contribution in [0.1, 0.15) is 22.3 Å². The van der Waals surface area contributed by atoms with Gasteiger partial charge < -0.3 is 4.90 Å². The van der Waals surface area contributed by atoms with Gasteiger partial charge in [0, 0.05) is 16.6 Å². The zero-order chi connectivity index (χ0) is 34.5. The first-order chi connectivity index (χ1) is 25.8. The van der Waals surface area contributed by atoms with Crippen LogP contribution in [0.4, 0.5) is 17.1 Å². The highest BCUT2D eigenvalue weighted by molar-refractivity contribution is 6.14. The molecule has 0 spiro atoms. The van der Waals surface area contributed by atoms with E-state index in [-0.39, 0.29) is 0 Å². The summed E-state index contributed by atoms with van der Waals surface area (Å²) in [6.45, 7) is 0. The largest absolute Gasteiger partial charge is 0.309 e. The molecule has 1 aliphatic rings. The van der Waals surface area contributed by atoms with E-state index < -0.39 is 5.41 Å². The topological polar surface area (TPSA) is 3.24 Å². The van der Waals surface area contributed by atoms with E-state index in [0.717, 1.165) is 17.1 Å². The van der Waals surface area contributed by atoms with Crippen LogP contribution < -0.4 is 4.90 Å². The molecule has 0 fully saturated rings. The number of para-hydroxylation sites is 2. The molecule has 244 valence electrons. The average Bonchev–Trinajstić information content (AvgIpc) is 3.52. The van der Waals surface area contributed by atoms with Crippen molar-refractivity contribution in [2.45, 2.75) is 5.41 Å². The summed E-state index contributed by atoms with van der Waals surface area (Å²) in [5.74, 6) is 0. The SMILES string of the molecule is c1ccc(-c2ccccc2N(c2ccccc2)c2cccc3c2ccc2cc4c(cc23)C(c2ccccc2)(c2ccccc2)c2ccccc2-4)cc1. The molecule has 0 aromatic heterocycles. The van der Waals surface area contributed by atoms with Crippen molar-refractivity contribution < 1.29 is 0 Å². The predicted octanol–water partition coefficient (Wildman–Crippen LogP) is 13.5. The normalized spacial score (nSPS) is 12.8. The zero-order valence-corrected chi connectivity index (χ0v) is 28.7. The average molecular weight is 662 g/mol. The van der Waals surface area contributed by atoms with Crippen molar-refractivity contribution in [1.29, 1.82) is 0 Å². The third-order valence-electron chi connectivity index (χ3n) is 10.9. The highest BCUT2D eigenvalue weighted by atomic mass is 15.1. The molecule has 0 saturated carbocycles. The van der Waals surface area contributed by atoms with Gasteiger partial charge in [-0.05, 0) is 91.5 Å². The second-order valence-corrected chi connectivity index (χ2v) is 13.6. The number of anilines is 3. The Balaban J connectivity index is 1.26. The fourth-order valence-corrected chi connectivity index (χ4v) is 8.72. The van der Waals surface area contributed by atoms with Crippen molar-refractivity contribution in [2.24, 2.45) is 0 Å². The molecule has 0 N–H and O–H groups in total. The Labute approximate surface area is 304 Å². The number of hydrogen-bond donors (Lipinski definition) is 0. The lowest BCUT2D eigenvalue weighted by Crippen LogP contribution is -2.28. The van der Waals surface area contributed by atoms with Crippen LogP contribution in [0.25, 0.3) is 43.8 Å². The van der Waals surface area contributed by atoms with Gasteiger partial charge in [-0.2, -0.15) is 0 Å². The van der Waals surface area contributed by atoms with Gasteiger partial charge in [0.2, 0.25) is 0 Å². The molecule has 0 atom stereocenters. The van der Waals surface area contributed by atoms with Crippen molar-refractivity contribution >= 4 is 38.6 Å². The third kappa shape index (κ3) is 4.56. The van der Waals surface area contributed by atoms with Gasteiger partial charge in [-0.15, -0.1) is 0 Å². The number of nitrogens with zero attached hydrogens (tertiary/aromatic N) is 1. The molecular formula is C51H35N. The maximum Gasteiger partial charge on any atom is 0.0713 e. The smallest absolute Gasteiger partial charge is 0.0713 e. The molecular weight excluding hydrogens is 627 g/mol. The van der Waals surface area contributed by atoms with Crippen LogP contribution in [0.5, 0.6) is 0 Å². The number of hydrogen-bond acceptors (Lipinski definition) is 1. The Kier molecular flexibility index (Phi) is 7.11. The summed E-state index contributed by atoms with van der Waals surface area (Å²) in [5, 5.41) is 4.95. The first-order valence-corrected chi connectivity index (χ1v) is 18.0. The maximum atomic E-state index is 2.50. The van der Waals surface area contributed by atoms with Crippen molar-refractivity contribution in [1.82, 2.24) is 0 Å². The van der Waals surface area contributed by atoms with E-state index in [1.54, 1.807) is 0 Å². The standard InChI is InChI=1S/C51H35N/c1-5-18-36(19-6-1)41-26-14-16-30-49(41)52(40-24-11-4-12-25-40)50-31-17-28-42-44(50)33-32-37-34-46-43-27-13-15-29-47(43)51(48(46)35-45(37)42,38-20-7-2-8-21-38)39-22-9-3-10-23-39/h1-35H. The van der Waals surface area contributed by atoms with Crippen molar-refractivity contribution in [3.05, 3.63) is 235 Å². The molecule has 0 bridgehead atoms. The Bertz CT molecular complexity index is 2680. The molecule has 1 nitrogen and oxygen atoms in total. The van der Waals surface area contributed by atoms with Crippen LogP contribution in [0.15, 0.2) is 212 Å². The van der Waals surface area contributed by atoms with Gasteiger partial charge >= 0.3 is 0 Å². The van der Waals surface area contributed by atoms with Gasteiger partial charge in [-0.25, -0.2) is 0 Å². The van der Waals surface area contributed by atoms with Gasteiger partial charge in [0.25, 0.3) is 0 Å². The van der Waals surface area contributed by atoms with Crippen LogP contribution in [0.3, 0.4) is 0 Å². The number of rotatable bonds is 6. The summed E-state index contributed by atoms with van der Waals surface area (Å²) < 4.78 is 0. The summed E-state index contributed by atoms with van der Waals surface area (Å²) >= 11 is 0. The molecule has 0 amide bonds. The van der Waals surface area contributed by atoms with Crippen molar-refractivity contribution in [3.8, 4) is 22.3 Å². The van der Waals surface area contributed by atoms with Crippen molar-refractivity contribution in [2.75, 3.05) is 4.90 Å². The van der Waals surface area contributed by atoms with Gasteiger partial charge in [-0.3, -0.25) is 0 Å². The number of benzene rings is 9. The minimum atomic E-state index is -0.451. The second kappa shape index (κ2) is 12.3. The van der Waals surface area contributed by atoms with Crippen LogP contribution in [-0.2, 0) is 5.41 Å². The van der Waals surface area contributed by atoms with Crippen LogP contribution in [0, 0.1) is 0 Å². The Morgan fingerprint density at radius 3 is 1.62 bits per heavy atom. The second-order valence-electron chi connectivity index (χ2n) is 13.6. The zero-order valence-electron chi connectivity index (χ0n) is 28.7. The van der Waals surface area contributed by atoms with Gasteiger partial charge in [0.15, 0.2) is 0 Å². The first kappa shape index (κ1) is 30.2. The maximum absolute atomic E-state index is 2.50. The van der Waals surface area contributed by atoms with Gasteiger partial charge in [-0.1, -0.05) is 176 Å². The minimum Gasteiger partial charge on any atom is -0.309 e. The molecule has 1 heteroatoms. The van der Waals surface area contributed by atoms with E-state index in [1.165, 1.54) is 66.1 Å². The van der Waals surface area contributed by atoms with E-state index in [9.17, 15) is 0 Å². The van der Waals surface area contributed by atoms with E-state index in [1.807, 2.05) is 0 Å². The lowest BCUT2D eigenvalue weighted by molar-refractivity contribution is 0.769. The van der Waals surface area contributed by atoms with Gasteiger partial charge in [0.1, 0.15) is 0 Å². The lowest BCUT2D eigenvalue weighted by atomic mass is 9.67. The number of fused-ring (bicyclic) bond motifs is 6. The van der Waals surface area contributed by atoms with Crippen molar-refractivity contribution in [3.63, 3.8) is 0 Å². The van der Waals surface area contributed by atoms with Crippen LogP contribution in [0.2, 0.25) is 0 Å². The molecule has 0 unspecified atom stereocenters. The molecule has 10 rings (SSSR count). The molecule has 52 heavy (non-hydrogen) atoms. The molecule has 9 aromatic rings. The molecule has 0 radical (unpaired) electrons. The van der Waals surface area contributed by atoms with E-state index in [2.05, 4.69) is 217 Å². The molecule has 1 aliphatic carbocycles.